The van der Waals surface area contributed by atoms with Crippen molar-refractivity contribution in [2.75, 3.05) is 6.26 Å². The molecule has 4 nitrogen and oxygen atoms in total. The quantitative estimate of drug-likeness (QED) is 0.723. The molecule has 0 aliphatic rings. The lowest BCUT2D eigenvalue weighted by Crippen LogP contribution is -1.95. The van der Waals surface area contributed by atoms with Gasteiger partial charge in [0.05, 0.1) is 0 Å². The number of thioether (sulfide) groups is 1. The van der Waals surface area contributed by atoms with Gasteiger partial charge in [-0.1, -0.05) is 11.8 Å². The fourth-order valence-electron chi connectivity index (χ4n) is 0.891. The Kier molecular flexibility index (Phi) is 2.75. The first-order chi connectivity index (χ1) is 5.69. The minimum absolute atomic E-state index is 0.112. The summed E-state index contributed by atoms with van der Waals surface area (Å²) in [5.41, 5.74) is 0.112. The molecular weight excluding hydrogens is 176 g/mol. The maximum Gasteiger partial charge on any atom is 0.356 e. The average Bonchev–Trinajstić information content (AvgIpc) is 2.46. The number of rotatable bonds is 3. The number of carbonyl (C=O) groups is 1. The summed E-state index contributed by atoms with van der Waals surface area (Å²) < 4.78 is 1.81. The number of imidazole rings is 1. The number of carboxylic acid groups (broad SMARTS) is 1. The minimum Gasteiger partial charge on any atom is -0.476 e. The molecule has 0 bridgehead atoms. The highest BCUT2D eigenvalue weighted by Gasteiger charge is 2.10. The Morgan fingerprint density at radius 2 is 2.50 bits per heavy atom. The summed E-state index contributed by atoms with van der Waals surface area (Å²) >= 11 is 1.45. The molecule has 1 rings (SSSR count). The van der Waals surface area contributed by atoms with Crippen molar-refractivity contribution in [3.05, 3.63) is 11.9 Å². The van der Waals surface area contributed by atoms with Gasteiger partial charge in [-0.05, 0) is 13.2 Å². The van der Waals surface area contributed by atoms with Crippen molar-refractivity contribution < 1.29 is 9.90 Å². The van der Waals surface area contributed by atoms with Gasteiger partial charge in [0, 0.05) is 12.7 Å². The van der Waals surface area contributed by atoms with Crippen LogP contribution in [0.15, 0.2) is 11.4 Å². The van der Waals surface area contributed by atoms with Crippen molar-refractivity contribution in [1.29, 1.82) is 0 Å². The summed E-state index contributed by atoms with van der Waals surface area (Å²) in [5, 5.41) is 9.37. The highest BCUT2D eigenvalue weighted by Crippen LogP contribution is 2.14. The minimum atomic E-state index is -0.975. The number of hydrogen-bond donors (Lipinski definition) is 1. The van der Waals surface area contributed by atoms with Crippen LogP contribution in [0.25, 0.3) is 0 Å². The van der Waals surface area contributed by atoms with Crippen molar-refractivity contribution >= 4 is 17.7 Å². The Morgan fingerprint density at radius 1 is 1.83 bits per heavy atom. The number of nitrogens with zero attached hydrogens (tertiary/aromatic N) is 2. The Hall–Kier alpha value is -0.970. The first kappa shape index (κ1) is 9.12. The van der Waals surface area contributed by atoms with Gasteiger partial charge in [0.15, 0.2) is 10.9 Å². The molecule has 1 aromatic heterocycles. The molecule has 0 aromatic carbocycles. The average molecular weight is 186 g/mol. The first-order valence-corrected chi connectivity index (χ1v) is 4.76. The fraction of sp³-hybridized carbons (Fsp3) is 0.429. The summed E-state index contributed by atoms with van der Waals surface area (Å²) in [6.07, 6.45) is 3.42. The predicted octanol–water partition coefficient (Wildman–Crippen LogP) is 1.32. The van der Waals surface area contributed by atoms with Crippen LogP contribution in [0.2, 0.25) is 0 Å². The Labute approximate surface area is 74.6 Å². The molecule has 0 atom stereocenters. The number of aryl methyl sites for hydroxylation is 1. The van der Waals surface area contributed by atoms with Crippen LogP contribution in [-0.4, -0.2) is 26.9 Å². The summed E-state index contributed by atoms with van der Waals surface area (Å²) in [5.74, 6) is -0.975. The van der Waals surface area contributed by atoms with E-state index < -0.39 is 5.97 Å². The van der Waals surface area contributed by atoms with Gasteiger partial charge in [-0.15, -0.1) is 0 Å². The standard InChI is InChI=1S/C7H10N2O2S/c1-3-9-4-5(6(10)11)8-7(9)12-2/h4H,3H2,1-2H3,(H,10,11). The highest BCUT2D eigenvalue weighted by molar-refractivity contribution is 7.98. The molecule has 12 heavy (non-hydrogen) atoms. The van der Waals surface area contributed by atoms with E-state index in [1.807, 2.05) is 17.7 Å². The van der Waals surface area contributed by atoms with E-state index in [-0.39, 0.29) is 5.69 Å². The van der Waals surface area contributed by atoms with Gasteiger partial charge < -0.3 is 9.67 Å². The Bertz CT molecular complexity index is 274. The lowest BCUT2D eigenvalue weighted by atomic mass is 10.5. The van der Waals surface area contributed by atoms with Crippen LogP contribution in [0.4, 0.5) is 0 Å². The second kappa shape index (κ2) is 3.62. The summed E-state index contributed by atoms with van der Waals surface area (Å²) in [7, 11) is 0. The molecule has 1 N–H and O–H groups in total. The zero-order chi connectivity index (χ0) is 9.14. The molecule has 0 saturated heterocycles. The third kappa shape index (κ3) is 1.61. The van der Waals surface area contributed by atoms with Gasteiger partial charge in [-0.2, -0.15) is 0 Å². The summed E-state index contributed by atoms with van der Waals surface area (Å²) in [6.45, 7) is 2.70. The summed E-state index contributed by atoms with van der Waals surface area (Å²) in [4.78, 5) is 14.4. The lowest BCUT2D eigenvalue weighted by molar-refractivity contribution is 0.0690. The van der Waals surface area contributed by atoms with Crippen LogP contribution in [0.3, 0.4) is 0 Å². The van der Waals surface area contributed by atoms with Crippen molar-refractivity contribution in [3.8, 4) is 0 Å². The van der Waals surface area contributed by atoms with E-state index in [9.17, 15) is 4.79 Å². The van der Waals surface area contributed by atoms with Crippen LogP contribution in [0.1, 0.15) is 17.4 Å². The lowest BCUT2D eigenvalue weighted by Gasteiger charge is -1.97. The highest BCUT2D eigenvalue weighted by atomic mass is 32.2. The number of aromatic nitrogens is 2. The topological polar surface area (TPSA) is 55.1 Å². The number of hydrogen-bond acceptors (Lipinski definition) is 3. The van der Waals surface area contributed by atoms with Gasteiger partial charge in [0.2, 0.25) is 0 Å². The van der Waals surface area contributed by atoms with Crippen LogP contribution < -0.4 is 0 Å². The zero-order valence-electron chi connectivity index (χ0n) is 6.94. The van der Waals surface area contributed by atoms with Crippen molar-refractivity contribution in [2.24, 2.45) is 0 Å². The maximum absolute atomic E-state index is 10.5. The van der Waals surface area contributed by atoms with Gasteiger partial charge in [0.25, 0.3) is 0 Å². The van der Waals surface area contributed by atoms with Gasteiger partial charge in [0.1, 0.15) is 0 Å². The van der Waals surface area contributed by atoms with Crippen LogP contribution in [0.5, 0.6) is 0 Å². The third-order valence-corrected chi connectivity index (χ3v) is 2.17. The van der Waals surface area contributed by atoms with E-state index in [0.29, 0.717) is 0 Å². The van der Waals surface area contributed by atoms with Crippen LogP contribution in [0, 0.1) is 0 Å². The molecule has 1 aromatic rings. The monoisotopic (exact) mass is 186 g/mol. The van der Waals surface area contributed by atoms with Gasteiger partial charge in [-0.3, -0.25) is 0 Å². The van der Waals surface area contributed by atoms with Crippen LogP contribution >= 0.6 is 11.8 Å². The fourth-order valence-corrected chi connectivity index (χ4v) is 1.50. The molecule has 0 aliphatic carbocycles. The van der Waals surface area contributed by atoms with E-state index in [2.05, 4.69) is 4.98 Å². The third-order valence-electron chi connectivity index (χ3n) is 1.48. The molecule has 0 fully saturated rings. The zero-order valence-corrected chi connectivity index (χ0v) is 7.76. The van der Waals surface area contributed by atoms with Crippen molar-refractivity contribution in [1.82, 2.24) is 9.55 Å². The Morgan fingerprint density at radius 3 is 2.83 bits per heavy atom. The number of carboxylic acids is 1. The van der Waals surface area contributed by atoms with E-state index in [4.69, 9.17) is 5.11 Å². The second-order valence-electron chi connectivity index (χ2n) is 2.20. The normalized spacial score (nSPS) is 10.2. The van der Waals surface area contributed by atoms with Crippen molar-refractivity contribution in [3.63, 3.8) is 0 Å². The molecule has 0 unspecified atom stereocenters. The van der Waals surface area contributed by atoms with Crippen molar-refractivity contribution in [2.45, 2.75) is 18.6 Å². The molecule has 0 amide bonds. The van der Waals surface area contributed by atoms with Crippen LogP contribution in [-0.2, 0) is 6.54 Å². The largest absolute Gasteiger partial charge is 0.476 e. The SMILES string of the molecule is CCn1cc(C(=O)O)nc1SC. The van der Waals surface area contributed by atoms with Gasteiger partial charge in [-0.25, -0.2) is 9.78 Å². The van der Waals surface area contributed by atoms with E-state index in [1.54, 1.807) is 6.20 Å². The predicted molar refractivity (Wildman–Crippen MR) is 46.6 cm³/mol. The molecule has 0 saturated carbocycles. The van der Waals surface area contributed by atoms with E-state index >= 15 is 0 Å². The smallest absolute Gasteiger partial charge is 0.356 e. The maximum atomic E-state index is 10.5. The second-order valence-corrected chi connectivity index (χ2v) is 2.98. The molecule has 0 spiro atoms. The molecule has 0 aliphatic heterocycles. The molecule has 66 valence electrons. The van der Waals surface area contributed by atoms with E-state index in [1.165, 1.54) is 11.8 Å². The first-order valence-electron chi connectivity index (χ1n) is 3.53. The molecule has 1 heterocycles. The Balaban J connectivity index is 3.05. The van der Waals surface area contributed by atoms with Gasteiger partial charge >= 0.3 is 5.97 Å². The number of aromatic carboxylic acids is 1. The van der Waals surface area contributed by atoms with E-state index in [0.717, 1.165) is 11.7 Å². The molecule has 0 radical (unpaired) electrons. The molecule has 5 heteroatoms. The molecular formula is C7H10N2O2S. The summed E-state index contributed by atoms with van der Waals surface area (Å²) in [6, 6.07) is 0.